The molecule has 0 unspecified atom stereocenters. The molecule has 1 aliphatic rings. The van der Waals surface area contributed by atoms with Gasteiger partial charge in [0.2, 0.25) is 0 Å². The predicted octanol–water partition coefficient (Wildman–Crippen LogP) is 3.55. The Hall–Kier alpha value is -1.54. The van der Waals surface area contributed by atoms with Crippen molar-refractivity contribution >= 4 is 40.7 Å². The Labute approximate surface area is 178 Å². The van der Waals surface area contributed by atoms with E-state index in [0.29, 0.717) is 13.2 Å². The summed E-state index contributed by atoms with van der Waals surface area (Å²) < 4.78 is 5.86. The molecule has 0 amide bonds. The first kappa shape index (κ1) is 21.8. The molecule has 0 saturated heterocycles. The van der Waals surface area contributed by atoms with Crippen molar-refractivity contribution in [2.45, 2.75) is 26.2 Å². The van der Waals surface area contributed by atoms with Crippen molar-refractivity contribution in [2.24, 2.45) is 10.4 Å². The van der Waals surface area contributed by atoms with Crippen LogP contribution in [-0.4, -0.2) is 43.9 Å². The van der Waals surface area contributed by atoms with E-state index in [9.17, 15) is 5.11 Å². The molecule has 1 saturated carbocycles. The van der Waals surface area contributed by atoms with E-state index in [4.69, 9.17) is 4.74 Å². The van der Waals surface area contributed by atoms with Gasteiger partial charge in [0, 0.05) is 18.5 Å². The number of hydrogen-bond donors (Lipinski definition) is 3. The second-order valence-electron chi connectivity index (χ2n) is 6.99. The number of rotatable bonds is 9. The van der Waals surface area contributed by atoms with Gasteiger partial charge in [-0.05, 0) is 49.1 Å². The van der Waals surface area contributed by atoms with E-state index >= 15 is 0 Å². The van der Waals surface area contributed by atoms with Crippen molar-refractivity contribution in [3.8, 4) is 5.75 Å². The van der Waals surface area contributed by atoms with Gasteiger partial charge in [-0.3, -0.25) is 4.99 Å². The molecule has 6 heteroatoms. The highest BCUT2D eigenvalue weighted by Crippen LogP contribution is 2.45. The minimum absolute atomic E-state index is 0. The molecule has 2 aromatic carbocycles. The summed E-state index contributed by atoms with van der Waals surface area (Å²) in [7, 11) is 0. The number of fused-ring (bicyclic) bond motifs is 1. The Morgan fingerprint density at radius 3 is 2.63 bits per heavy atom. The number of nitrogens with one attached hydrogen (secondary N) is 2. The molecule has 1 fully saturated rings. The zero-order valence-corrected chi connectivity index (χ0v) is 18.2. The van der Waals surface area contributed by atoms with Gasteiger partial charge in [-0.25, -0.2) is 0 Å². The number of aliphatic hydroxyl groups is 1. The third kappa shape index (κ3) is 6.53. The lowest BCUT2D eigenvalue weighted by Crippen LogP contribution is -2.38. The summed E-state index contributed by atoms with van der Waals surface area (Å²) in [5.41, 5.74) is 0.0432. The molecule has 5 nitrogen and oxygen atoms in total. The summed E-state index contributed by atoms with van der Waals surface area (Å²) in [4.78, 5) is 4.60. The second kappa shape index (κ2) is 10.7. The second-order valence-corrected chi connectivity index (χ2v) is 6.99. The zero-order valence-electron chi connectivity index (χ0n) is 15.9. The van der Waals surface area contributed by atoms with E-state index in [2.05, 4.69) is 46.8 Å². The highest BCUT2D eigenvalue weighted by atomic mass is 127. The summed E-state index contributed by atoms with van der Waals surface area (Å²) >= 11 is 0. The molecule has 0 aromatic heterocycles. The lowest BCUT2D eigenvalue weighted by atomic mass is 10.1. The smallest absolute Gasteiger partial charge is 0.191 e. The predicted molar refractivity (Wildman–Crippen MR) is 122 cm³/mol. The summed E-state index contributed by atoms with van der Waals surface area (Å²) in [6.07, 6.45) is 3.04. The summed E-state index contributed by atoms with van der Waals surface area (Å²) in [6, 6.07) is 14.5. The van der Waals surface area contributed by atoms with Crippen molar-refractivity contribution < 1.29 is 9.84 Å². The topological polar surface area (TPSA) is 65.9 Å². The van der Waals surface area contributed by atoms with Crippen molar-refractivity contribution in [1.82, 2.24) is 10.6 Å². The molecule has 148 valence electrons. The van der Waals surface area contributed by atoms with Gasteiger partial charge in [0.1, 0.15) is 5.75 Å². The average molecular weight is 483 g/mol. The highest BCUT2D eigenvalue weighted by Gasteiger charge is 2.41. The van der Waals surface area contributed by atoms with Crippen LogP contribution in [0.25, 0.3) is 10.8 Å². The third-order valence-electron chi connectivity index (χ3n) is 4.81. The number of ether oxygens (including phenoxy) is 1. The van der Waals surface area contributed by atoms with Crippen LogP contribution in [0.3, 0.4) is 0 Å². The fraction of sp³-hybridized carbons (Fsp3) is 0.476. The third-order valence-corrected chi connectivity index (χ3v) is 4.81. The molecular formula is C21H30IN3O2. The molecule has 3 N–H and O–H groups in total. The first-order valence-corrected chi connectivity index (χ1v) is 9.49. The number of hydrogen-bond acceptors (Lipinski definition) is 3. The standard InChI is InChI=1S/C21H29N3O2.HI/c1-2-22-20(24-15-21(16-25)10-11-21)23-12-5-13-26-19-9-8-17-6-3-4-7-18(17)14-19;/h3-4,6-9,14,25H,2,5,10-13,15-16H2,1H3,(H2,22,23,24);1H. The van der Waals surface area contributed by atoms with Gasteiger partial charge in [0.15, 0.2) is 5.96 Å². The molecule has 1 aliphatic carbocycles. The normalized spacial score (nSPS) is 15.1. The van der Waals surface area contributed by atoms with E-state index in [1.54, 1.807) is 0 Å². The molecule has 27 heavy (non-hydrogen) atoms. The number of halogens is 1. The Bertz CT molecular complexity index is 747. The van der Waals surface area contributed by atoms with Gasteiger partial charge in [0.25, 0.3) is 0 Å². The van der Waals surface area contributed by atoms with Crippen LogP contribution in [0.5, 0.6) is 5.75 Å². The SMILES string of the molecule is CCNC(=NCC1(CO)CC1)NCCCOc1ccc2ccccc2c1.I. The number of guanidine groups is 1. The van der Waals surface area contributed by atoms with Crippen LogP contribution in [0, 0.1) is 5.41 Å². The van der Waals surface area contributed by atoms with E-state index in [1.165, 1.54) is 10.8 Å². The number of benzene rings is 2. The van der Waals surface area contributed by atoms with E-state index in [-0.39, 0.29) is 36.0 Å². The van der Waals surface area contributed by atoms with Crippen LogP contribution in [-0.2, 0) is 0 Å². The van der Waals surface area contributed by atoms with Crippen molar-refractivity contribution in [3.63, 3.8) is 0 Å². The lowest BCUT2D eigenvalue weighted by Gasteiger charge is -2.14. The molecule has 0 atom stereocenters. The quantitative estimate of drug-likeness (QED) is 0.221. The van der Waals surface area contributed by atoms with Gasteiger partial charge in [-0.15, -0.1) is 24.0 Å². The number of aliphatic hydroxyl groups excluding tert-OH is 1. The summed E-state index contributed by atoms with van der Waals surface area (Å²) in [5.74, 6) is 1.72. The summed E-state index contributed by atoms with van der Waals surface area (Å²) in [5, 5.41) is 18.4. The maximum Gasteiger partial charge on any atom is 0.191 e. The van der Waals surface area contributed by atoms with Crippen LogP contribution in [0.1, 0.15) is 26.2 Å². The average Bonchev–Trinajstić information content (AvgIpc) is 3.46. The minimum Gasteiger partial charge on any atom is -0.494 e. The van der Waals surface area contributed by atoms with Crippen LogP contribution in [0.2, 0.25) is 0 Å². The van der Waals surface area contributed by atoms with E-state index in [0.717, 1.165) is 44.1 Å². The Morgan fingerprint density at radius 1 is 1.15 bits per heavy atom. The molecule has 0 heterocycles. The molecule has 0 aliphatic heterocycles. The Kier molecular flexibility index (Phi) is 8.63. The zero-order chi connectivity index (χ0) is 18.2. The highest BCUT2D eigenvalue weighted by molar-refractivity contribution is 14.0. The van der Waals surface area contributed by atoms with Gasteiger partial charge in [-0.2, -0.15) is 0 Å². The van der Waals surface area contributed by atoms with E-state index in [1.807, 2.05) is 18.2 Å². The largest absolute Gasteiger partial charge is 0.494 e. The molecule has 3 rings (SSSR count). The number of nitrogens with zero attached hydrogens (tertiary/aromatic N) is 1. The van der Waals surface area contributed by atoms with Crippen LogP contribution < -0.4 is 15.4 Å². The van der Waals surface area contributed by atoms with Crippen molar-refractivity contribution in [1.29, 1.82) is 0 Å². The van der Waals surface area contributed by atoms with Crippen molar-refractivity contribution in [3.05, 3.63) is 42.5 Å². The minimum atomic E-state index is 0. The number of aliphatic imine (C=N–C) groups is 1. The maximum atomic E-state index is 9.39. The Morgan fingerprint density at radius 2 is 1.93 bits per heavy atom. The van der Waals surface area contributed by atoms with E-state index < -0.39 is 0 Å². The van der Waals surface area contributed by atoms with Crippen LogP contribution >= 0.6 is 24.0 Å². The van der Waals surface area contributed by atoms with Gasteiger partial charge >= 0.3 is 0 Å². The van der Waals surface area contributed by atoms with Crippen LogP contribution in [0.15, 0.2) is 47.5 Å². The first-order chi connectivity index (χ1) is 12.7. The lowest BCUT2D eigenvalue weighted by molar-refractivity contribution is 0.217. The molecule has 2 aromatic rings. The monoisotopic (exact) mass is 483 g/mol. The van der Waals surface area contributed by atoms with Gasteiger partial charge in [0.05, 0.1) is 19.8 Å². The molecule has 0 spiro atoms. The van der Waals surface area contributed by atoms with Crippen LogP contribution in [0.4, 0.5) is 0 Å². The first-order valence-electron chi connectivity index (χ1n) is 9.49. The maximum absolute atomic E-state index is 9.39. The van der Waals surface area contributed by atoms with Crippen molar-refractivity contribution in [2.75, 3.05) is 32.8 Å². The molecule has 0 bridgehead atoms. The molecule has 0 radical (unpaired) electrons. The fourth-order valence-electron chi connectivity index (χ4n) is 2.86. The van der Waals surface area contributed by atoms with Gasteiger partial charge in [-0.1, -0.05) is 30.3 Å². The Balaban J connectivity index is 0.00000261. The fourth-order valence-corrected chi connectivity index (χ4v) is 2.86. The van der Waals surface area contributed by atoms with Gasteiger partial charge < -0.3 is 20.5 Å². The molecular weight excluding hydrogens is 453 g/mol. The summed E-state index contributed by atoms with van der Waals surface area (Å²) in [6.45, 7) is 5.25.